The second-order valence-corrected chi connectivity index (χ2v) is 5.23. The minimum atomic E-state index is -4.30. The van der Waals surface area contributed by atoms with Gasteiger partial charge in [-0.25, -0.2) is 4.98 Å². The van der Waals surface area contributed by atoms with E-state index >= 15 is 0 Å². The van der Waals surface area contributed by atoms with Crippen molar-refractivity contribution in [1.29, 1.82) is 0 Å². The minimum absolute atomic E-state index is 0.0178. The first-order valence-corrected chi connectivity index (χ1v) is 5.58. The number of aryl methyl sites for hydroxylation is 1. The molecule has 2 N–H and O–H groups in total. The van der Waals surface area contributed by atoms with Gasteiger partial charge in [0, 0.05) is 11.1 Å². The number of hydrogen-bond donors (Lipinski definition) is 1. The van der Waals surface area contributed by atoms with Gasteiger partial charge in [-0.05, 0) is 31.9 Å². The summed E-state index contributed by atoms with van der Waals surface area (Å²) < 4.78 is 38.3. The lowest BCUT2D eigenvalue weighted by molar-refractivity contribution is -0.168. The Kier molecular flexibility index (Phi) is 1.83. The Labute approximate surface area is 101 Å². The first-order valence-electron chi connectivity index (χ1n) is 5.58. The molecule has 18 heavy (non-hydrogen) atoms. The van der Waals surface area contributed by atoms with E-state index in [4.69, 9.17) is 5.73 Å². The molecule has 96 valence electrons. The number of ketones is 1. The summed E-state index contributed by atoms with van der Waals surface area (Å²) in [6.45, 7) is 1.71. The van der Waals surface area contributed by atoms with Gasteiger partial charge in [0.1, 0.15) is 5.82 Å². The third-order valence-corrected chi connectivity index (χ3v) is 4.16. The van der Waals surface area contributed by atoms with E-state index in [1.165, 1.54) is 6.07 Å². The van der Waals surface area contributed by atoms with Crippen molar-refractivity contribution in [3.63, 3.8) is 0 Å². The fraction of sp³-hybridized carbons (Fsp3) is 0.500. The van der Waals surface area contributed by atoms with Gasteiger partial charge in [0.2, 0.25) is 0 Å². The van der Waals surface area contributed by atoms with Crippen LogP contribution in [-0.4, -0.2) is 16.9 Å². The van der Waals surface area contributed by atoms with Gasteiger partial charge in [0.25, 0.3) is 0 Å². The van der Waals surface area contributed by atoms with Gasteiger partial charge < -0.3 is 5.73 Å². The number of alkyl halides is 3. The second kappa shape index (κ2) is 2.87. The first-order chi connectivity index (χ1) is 8.23. The number of nitrogens with zero attached hydrogens (tertiary/aromatic N) is 1. The molecule has 0 bridgehead atoms. The third-order valence-electron chi connectivity index (χ3n) is 4.16. The topological polar surface area (TPSA) is 56.0 Å². The number of rotatable bonds is 2. The lowest BCUT2D eigenvalue weighted by Crippen LogP contribution is -2.17. The number of anilines is 1. The quantitative estimate of drug-likeness (QED) is 0.827. The van der Waals surface area contributed by atoms with Gasteiger partial charge in [0.15, 0.2) is 5.78 Å². The van der Waals surface area contributed by atoms with Gasteiger partial charge in [-0.15, -0.1) is 0 Å². The fourth-order valence-corrected chi connectivity index (χ4v) is 2.77. The van der Waals surface area contributed by atoms with Crippen LogP contribution in [0.2, 0.25) is 0 Å². The zero-order chi connectivity index (χ0) is 13.3. The van der Waals surface area contributed by atoms with Crippen LogP contribution in [0.5, 0.6) is 0 Å². The third kappa shape index (κ3) is 1.15. The molecule has 0 unspecified atom stereocenters. The average molecular weight is 256 g/mol. The van der Waals surface area contributed by atoms with Crippen LogP contribution in [0.1, 0.15) is 28.9 Å². The van der Waals surface area contributed by atoms with E-state index in [1.807, 2.05) is 0 Å². The SMILES string of the molecule is Cc1ccc(C(=O)C23CC2(C(F)(F)F)C3)c(N)n1. The average Bonchev–Trinajstić information content (AvgIpc) is 3.00. The van der Waals surface area contributed by atoms with E-state index < -0.39 is 22.8 Å². The molecule has 2 saturated carbocycles. The van der Waals surface area contributed by atoms with Gasteiger partial charge in [-0.3, -0.25) is 4.79 Å². The van der Waals surface area contributed by atoms with Crippen LogP contribution >= 0.6 is 0 Å². The number of Topliss-reactive ketones (excluding diaryl/α,β-unsaturated/α-hetero) is 1. The molecule has 1 heterocycles. The van der Waals surface area contributed by atoms with Crippen LogP contribution in [0.3, 0.4) is 0 Å². The Hall–Kier alpha value is -1.59. The molecule has 0 aliphatic heterocycles. The lowest BCUT2D eigenvalue weighted by Gasteiger charge is -2.06. The molecule has 1 aromatic rings. The number of halogens is 3. The monoisotopic (exact) mass is 256 g/mol. The summed E-state index contributed by atoms with van der Waals surface area (Å²) in [5.74, 6) is -0.492. The number of carbonyl (C=O) groups is 1. The Bertz CT molecular complexity index is 559. The molecule has 0 amide bonds. The maximum absolute atomic E-state index is 12.8. The number of nitrogens with two attached hydrogens (primary N) is 1. The van der Waals surface area contributed by atoms with E-state index in [-0.39, 0.29) is 24.2 Å². The summed E-state index contributed by atoms with van der Waals surface area (Å²) in [7, 11) is 0. The highest BCUT2D eigenvalue weighted by Crippen LogP contribution is 2.91. The van der Waals surface area contributed by atoms with Gasteiger partial charge >= 0.3 is 6.18 Å². The summed E-state index contributed by atoms with van der Waals surface area (Å²) >= 11 is 0. The molecule has 0 saturated heterocycles. The van der Waals surface area contributed by atoms with Gasteiger partial charge in [0.05, 0.1) is 11.0 Å². The van der Waals surface area contributed by atoms with Crippen molar-refractivity contribution >= 4 is 11.6 Å². The molecular formula is C12H11F3N2O. The molecule has 6 heteroatoms. The number of fused-ring (bicyclic) bond motifs is 1. The number of aromatic nitrogens is 1. The van der Waals surface area contributed by atoms with E-state index in [0.717, 1.165) is 0 Å². The molecule has 0 aromatic carbocycles. The smallest absolute Gasteiger partial charge is 0.383 e. The lowest BCUT2D eigenvalue weighted by atomic mass is 10.0. The van der Waals surface area contributed by atoms with Crippen LogP contribution in [0.4, 0.5) is 19.0 Å². The second-order valence-electron chi connectivity index (χ2n) is 5.23. The molecule has 2 fully saturated rings. The summed E-state index contributed by atoms with van der Waals surface area (Å²) in [6, 6.07) is 3.05. The van der Waals surface area contributed by atoms with Crippen molar-refractivity contribution in [3.8, 4) is 0 Å². The first kappa shape index (κ1) is 11.5. The predicted octanol–water partition coefficient (Wildman–Crippen LogP) is 2.50. The van der Waals surface area contributed by atoms with Gasteiger partial charge in [-0.1, -0.05) is 0 Å². The van der Waals surface area contributed by atoms with Crippen LogP contribution in [0.15, 0.2) is 12.1 Å². The van der Waals surface area contributed by atoms with Gasteiger partial charge in [-0.2, -0.15) is 13.2 Å². The summed E-state index contributed by atoms with van der Waals surface area (Å²) in [6.07, 6.45) is -4.50. The largest absolute Gasteiger partial charge is 0.395 e. The Morgan fingerprint density at radius 3 is 2.44 bits per heavy atom. The van der Waals surface area contributed by atoms with Crippen molar-refractivity contribution in [2.24, 2.45) is 10.8 Å². The zero-order valence-corrected chi connectivity index (χ0v) is 9.64. The number of hydrogen-bond acceptors (Lipinski definition) is 3. The summed E-state index contributed by atoms with van der Waals surface area (Å²) in [5, 5.41) is 0. The van der Waals surface area contributed by atoms with Crippen LogP contribution in [0, 0.1) is 17.8 Å². The maximum Gasteiger partial charge on any atom is 0.395 e. The van der Waals surface area contributed by atoms with Crippen molar-refractivity contribution < 1.29 is 18.0 Å². The maximum atomic E-state index is 12.8. The Balaban J connectivity index is 1.91. The van der Waals surface area contributed by atoms with Crippen molar-refractivity contribution in [3.05, 3.63) is 23.4 Å². The van der Waals surface area contributed by atoms with Crippen LogP contribution in [0.25, 0.3) is 0 Å². The molecule has 3 rings (SSSR count). The normalized spacial score (nSPS) is 32.9. The highest BCUT2D eigenvalue weighted by Gasteiger charge is 2.96. The van der Waals surface area contributed by atoms with Crippen molar-refractivity contribution in [2.75, 3.05) is 5.73 Å². The molecule has 2 aliphatic rings. The van der Waals surface area contributed by atoms with E-state index in [9.17, 15) is 18.0 Å². The highest BCUT2D eigenvalue weighted by molar-refractivity contribution is 6.09. The van der Waals surface area contributed by atoms with E-state index in [1.54, 1.807) is 13.0 Å². The molecule has 2 aliphatic carbocycles. The number of carbonyl (C=O) groups excluding carboxylic acids is 1. The zero-order valence-electron chi connectivity index (χ0n) is 9.64. The molecule has 0 spiro atoms. The van der Waals surface area contributed by atoms with Crippen molar-refractivity contribution in [1.82, 2.24) is 4.98 Å². The van der Waals surface area contributed by atoms with Crippen LogP contribution < -0.4 is 5.73 Å². The fourth-order valence-electron chi connectivity index (χ4n) is 2.77. The Morgan fingerprint density at radius 2 is 2.00 bits per heavy atom. The predicted molar refractivity (Wildman–Crippen MR) is 57.9 cm³/mol. The Morgan fingerprint density at radius 1 is 1.39 bits per heavy atom. The van der Waals surface area contributed by atoms with Crippen LogP contribution in [-0.2, 0) is 0 Å². The molecular weight excluding hydrogens is 245 g/mol. The minimum Gasteiger partial charge on any atom is -0.383 e. The number of pyridine rings is 1. The van der Waals surface area contributed by atoms with E-state index in [2.05, 4.69) is 4.98 Å². The standard InChI is InChI=1S/C12H11F3N2O/c1-6-2-3-7(9(16)17-6)8(18)10-4-11(10,5-10)12(13,14)15/h2-3H,4-5H2,1H3,(H2,16,17). The molecule has 1 aromatic heterocycles. The van der Waals surface area contributed by atoms with E-state index in [0.29, 0.717) is 5.69 Å². The number of nitrogen functional groups attached to an aromatic ring is 1. The summed E-state index contributed by atoms with van der Waals surface area (Å²) in [5.41, 5.74) is 3.34. The molecule has 0 radical (unpaired) electrons. The summed E-state index contributed by atoms with van der Waals surface area (Å²) in [4.78, 5) is 16.0. The highest BCUT2D eigenvalue weighted by atomic mass is 19.4. The molecule has 3 nitrogen and oxygen atoms in total. The molecule has 0 atom stereocenters. The van der Waals surface area contributed by atoms with Crippen molar-refractivity contribution in [2.45, 2.75) is 25.9 Å².